The van der Waals surface area contributed by atoms with Crippen molar-refractivity contribution in [1.82, 2.24) is 4.98 Å². The minimum Gasteiger partial charge on any atom is -0.330 e. The van der Waals surface area contributed by atoms with Crippen molar-refractivity contribution in [3.63, 3.8) is 0 Å². The Morgan fingerprint density at radius 2 is 2.08 bits per heavy atom. The number of nitrogens with two attached hydrogens (primary N) is 1. The zero-order valence-corrected chi connectivity index (χ0v) is 8.76. The minimum atomic E-state index is -4.33. The Morgan fingerprint density at radius 3 is 2.46 bits per heavy atom. The van der Waals surface area contributed by atoms with Crippen LogP contribution >= 0.6 is 27.3 Å². The van der Waals surface area contributed by atoms with Crippen LogP contribution in [0.3, 0.4) is 0 Å². The molecule has 0 fully saturated rings. The van der Waals surface area contributed by atoms with Gasteiger partial charge >= 0.3 is 6.18 Å². The Morgan fingerprint density at radius 1 is 1.46 bits per heavy atom. The maximum Gasteiger partial charge on any atom is 0.428 e. The third kappa shape index (κ3) is 2.65. The molecule has 0 aromatic carbocycles. The Hall–Kier alpha value is -0.140. The average Bonchev–Trinajstić information content (AvgIpc) is 2.30. The van der Waals surface area contributed by atoms with E-state index >= 15 is 0 Å². The van der Waals surface area contributed by atoms with Gasteiger partial charge in [-0.05, 0) is 22.5 Å². The van der Waals surface area contributed by atoms with Crippen LogP contribution in [0.15, 0.2) is 4.60 Å². The van der Waals surface area contributed by atoms with E-state index in [1.54, 1.807) is 0 Å². The van der Waals surface area contributed by atoms with Crippen molar-refractivity contribution in [3.8, 4) is 0 Å². The zero-order chi connectivity index (χ0) is 10.1. The highest BCUT2D eigenvalue weighted by Crippen LogP contribution is 2.38. The zero-order valence-electron chi connectivity index (χ0n) is 6.36. The van der Waals surface area contributed by atoms with Crippen molar-refractivity contribution in [2.24, 2.45) is 5.73 Å². The molecule has 1 rings (SSSR count). The Bertz CT molecular complexity index is 297. The van der Waals surface area contributed by atoms with Crippen LogP contribution in [0, 0.1) is 0 Å². The maximum absolute atomic E-state index is 12.2. The molecule has 0 radical (unpaired) electrons. The summed E-state index contributed by atoms with van der Waals surface area (Å²) in [7, 11) is 0. The smallest absolute Gasteiger partial charge is 0.330 e. The van der Waals surface area contributed by atoms with E-state index in [0.717, 1.165) is 0 Å². The summed E-state index contributed by atoms with van der Waals surface area (Å²) >= 11 is 3.39. The van der Waals surface area contributed by atoms with Crippen LogP contribution in [0.25, 0.3) is 0 Å². The summed E-state index contributed by atoms with van der Waals surface area (Å²) in [6.45, 7) is 0.303. The predicted molar refractivity (Wildman–Crippen MR) is 47.6 cm³/mol. The standard InChI is InChI=1S/C6H6BrF3N2S/c7-5-4(6(8,9)10)13-3(12-5)1-2-11/h1-2,11H2. The quantitative estimate of drug-likeness (QED) is 0.900. The average molecular weight is 275 g/mol. The van der Waals surface area contributed by atoms with E-state index in [1.165, 1.54) is 0 Å². The predicted octanol–water partition coefficient (Wildman–Crippen LogP) is 2.43. The first kappa shape index (κ1) is 10.9. The molecule has 0 unspecified atom stereocenters. The maximum atomic E-state index is 12.2. The molecule has 0 aliphatic rings. The molecule has 1 aromatic heterocycles. The lowest BCUT2D eigenvalue weighted by Crippen LogP contribution is -2.02. The fourth-order valence-corrected chi connectivity index (χ4v) is 2.39. The molecule has 13 heavy (non-hydrogen) atoms. The van der Waals surface area contributed by atoms with E-state index in [4.69, 9.17) is 5.73 Å². The highest BCUT2D eigenvalue weighted by atomic mass is 79.9. The fraction of sp³-hybridized carbons (Fsp3) is 0.500. The number of nitrogens with zero attached hydrogens (tertiary/aromatic N) is 1. The Kier molecular flexibility index (Phi) is 3.31. The summed E-state index contributed by atoms with van der Waals surface area (Å²) < 4.78 is 36.5. The van der Waals surface area contributed by atoms with Crippen molar-refractivity contribution >= 4 is 27.3 Å². The molecule has 1 heterocycles. The molecule has 0 spiro atoms. The van der Waals surface area contributed by atoms with Gasteiger partial charge in [0.05, 0.1) is 5.01 Å². The van der Waals surface area contributed by atoms with E-state index in [9.17, 15) is 13.2 Å². The van der Waals surface area contributed by atoms with Crippen molar-refractivity contribution in [3.05, 3.63) is 14.5 Å². The minimum absolute atomic E-state index is 0.145. The van der Waals surface area contributed by atoms with E-state index in [1.807, 2.05) is 0 Å². The van der Waals surface area contributed by atoms with Crippen LogP contribution in [0.1, 0.15) is 9.88 Å². The van der Waals surface area contributed by atoms with E-state index in [2.05, 4.69) is 20.9 Å². The molecular formula is C6H6BrF3N2S. The first-order valence-electron chi connectivity index (χ1n) is 3.37. The number of hydrogen-bond donors (Lipinski definition) is 1. The summed E-state index contributed by atoms with van der Waals surface area (Å²) in [5.41, 5.74) is 5.20. The van der Waals surface area contributed by atoms with Gasteiger partial charge in [0.15, 0.2) is 0 Å². The topological polar surface area (TPSA) is 38.9 Å². The number of hydrogen-bond acceptors (Lipinski definition) is 3. The summed E-state index contributed by atoms with van der Waals surface area (Å²) in [5.74, 6) is 0. The number of rotatable bonds is 2. The van der Waals surface area contributed by atoms with Gasteiger partial charge in [0, 0.05) is 6.42 Å². The second-order valence-corrected chi connectivity index (χ2v) is 4.10. The second-order valence-electron chi connectivity index (χ2n) is 2.26. The highest BCUT2D eigenvalue weighted by Gasteiger charge is 2.36. The van der Waals surface area contributed by atoms with Gasteiger partial charge in [-0.25, -0.2) is 4.98 Å². The second kappa shape index (κ2) is 3.93. The summed E-state index contributed by atoms with van der Waals surface area (Å²) in [5, 5.41) is 0.404. The lowest BCUT2D eigenvalue weighted by Gasteiger charge is -2.00. The van der Waals surface area contributed by atoms with Gasteiger partial charge in [-0.1, -0.05) is 0 Å². The van der Waals surface area contributed by atoms with Crippen molar-refractivity contribution < 1.29 is 13.2 Å². The van der Waals surface area contributed by atoms with Crippen LogP contribution in [-0.4, -0.2) is 11.5 Å². The van der Waals surface area contributed by atoms with Crippen LogP contribution < -0.4 is 5.73 Å². The third-order valence-corrected chi connectivity index (χ3v) is 3.24. The van der Waals surface area contributed by atoms with Gasteiger partial charge in [0.2, 0.25) is 0 Å². The molecule has 0 saturated carbocycles. The van der Waals surface area contributed by atoms with Crippen LogP contribution in [0.2, 0.25) is 0 Å². The lowest BCUT2D eigenvalue weighted by molar-refractivity contribution is -0.135. The van der Waals surface area contributed by atoms with Gasteiger partial charge in [0.25, 0.3) is 0 Å². The Labute approximate surface area is 85.1 Å². The molecule has 0 bridgehead atoms. The lowest BCUT2D eigenvalue weighted by atomic mass is 10.5. The van der Waals surface area contributed by atoms with Crippen molar-refractivity contribution in [2.45, 2.75) is 12.6 Å². The normalized spacial score (nSPS) is 12.1. The van der Waals surface area contributed by atoms with Gasteiger partial charge in [-0.15, -0.1) is 11.3 Å². The van der Waals surface area contributed by atoms with Crippen LogP contribution in [-0.2, 0) is 12.6 Å². The van der Waals surface area contributed by atoms with Crippen LogP contribution in [0.5, 0.6) is 0 Å². The first-order chi connectivity index (χ1) is 5.95. The molecule has 0 amide bonds. The largest absolute Gasteiger partial charge is 0.428 e. The molecule has 0 atom stereocenters. The van der Waals surface area contributed by atoms with Crippen molar-refractivity contribution in [2.75, 3.05) is 6.54 Å². The monoisotopic (exact) mass is 274 g/mol. The number of halogens is 4. The molecule has 0 saturated heterocycles. The highest BCUT2D eigenvalue weighted by molar-refractivity contribution is 9.10. The molecule has 2 nitrogen and oxygen atoms in total. The van der Waals surface area contributed by atoms with Gasteiger partial charge in [-0.2, -0.15) is 13.2 Å². The molecule has 7 heteroatoms. The summed E-state index contributed by atoms with van der Waals surface area (Å²) in [6.07, 6.45) is -3.96. The van der Waals surface area contributed by atoms with Gasteiger partial charge in [0.1, 0.15) is 9.48 Å². The fourth-order valence-electron chi connectivity index (χ4n) is 0.748. The first-order valence-corrected chi connectivity index (χ1v) is 4.98. The summed E-state index contributed by atoms with van der Waals surface area (Å²) in [4.78, 5) is 3.00. The molecule has 74 valence electrons. The van der Waals surface area contributed by atoms with E-state index in [-0.39, 0.29) is 4.60 Å². The third-order valence-electron chi connectivity index (χ3n) is 1.25. The molecule has 0 aliphatic carbocycles. The van der Waals surface area contributed by atoms with E-state index in [0.29, 0.717) is 29.3 Å². The van der Waals surface area contributed by atoms with Crippen molar-refractivity contribution in [1.29, 1.82) is 0 Å². The number of thiazole rings is 1. The van der Waals surface area contributed by atoms with E-state index < -0.39 is 11.1 Å². The van der Waals surface area contributed by atoms with Gasteiger partial charge < -0.3 is 5.73 Å². The molecule has 2 N–H and O–H groups in total. The Balaban J connectivity index is 2.96. The molecule has 1 aromatic rings. The van der Waals surface area contributed by atoms with Gasteiger partial charge in [-0.3, -0.25) is 0 Å². The number of alkyl halides is 3. The molecule has 0 aliphatic heterocycles. The summed E-state index contributed by atoms with van der Waals surface area (Å²) in [6, 6.07) is 0. The number of aromatic nitrogens is 1. The SMILES string of the molecule is NCCc1nc(Br)c(C(F)(F)F)s1. The van der Waals surface area contributed by atoms with Crippen LogP contribution in [0.4, 0.5) is 13.2 Å². The molecular weight excluding hydrogens is 269 g/mol.